The molecule has 6 atom stereocenters. The molecule has 1 N–H and O–H groups in total. The maximum absolute atomic E-state index is 15.3. The third-order valence-corrected chi connectivity index (χ3v) is 12.9. The Kier molecular flexibility index (Phi) is 9.43. The molecule has 0 unspecified atom stereocenters. The van der Waals surface area contributed by atoms with Crippen LogP contribution in [0.15, 0.2) is 78.4 Å². The van der Waals surface area contributed by atoms with Crippen LogP contribution in [0.25, 0.3) is 12.2 Å². The van der Waals surface area contributed by atoms with E-state index in [2.05, 4.69) is 0 Å². The van der Waals surface area contributed by atoms with Crippen molar-refractivity contribution in [1.29, 1.82) is 0 Å². The molecule has 2 aliphatic carbocycles. The summed E-state index contributed by atoms with van der Waals surface area (Å²) in [5.41, 5.74) is 0.147. The molecular formula is C42H29Cl2F5N2O7. The van der Waals surface area contributed by atoms with Gasteiger partial charge in [0, 0.05) is 11.5 Å². The van der Waals surface area contributed by atoms with Gasteiger partial charge in [0.05, 0.1) is 31.7 Å². The molecule has 0 bridgehead atoms. The van der Waals surface area contributed by atoms with Crippen molar-refractivity contribution in [3.05, 3.63) is 124 Å². The summed E-state index contributed by atoms with van der Waals surface area (Å²) in [7, 11) is 3.08. The molecule has 8 rings (SSSR count). The van der Waals surface area contributed by atoms with E-state index in [0.29, 0.717) is 17.1 Å². The van der Waals surface area contributed by atoms with Gasteiger partial charge in [0.25, 0.3) is 11.8 Å². The van der Waals surface area contributed by atoms with Gasteiger partial charge >= 0.3 is 0 Å². The number of phenolic OH excluding ortho intramolecular Hbond substituents is 1. The molecule has 0 radical (unpaired) electrons. The van der Waals surface area contributed by atoms with E-state index in [1.54, 1.807) is 60.7 Å². The van der Waals surface area contributed by atoms with Gasteiger partial charge in [-0.05, 0) is 72.4 Å². The minimum atomic E-state index is -2.70. The lowest BCUT2D eigenvalue weighted by atomic mass is 9.56. The summed E-state index contributed by atoms with van der Waals surface area (Å²) in [4.78, 5) is 52.7. The molecule has 0 aromatic heterocycles. The van der Waals surface area contributed by atoms with Crippen molar-refractivity contribution in [3.8, 4) is 17.2 Å². The minimum Gasteiger partial charge on any atom is -0.508 e. The van der Waals surface area contributed by atoms with Gasteiger partial charge in [-0.15, -0.1) is 23.2 Å². The fourth-order valence-corrected chi connectivity index (χ4v) is 9.72. The van der Waals surface area contributed by atoms with E-state index < -0.39 is 98.2 Å². The Morgan fingerprint density at radius 1 is 0.759 bits per heavy atom. The summed E-state index contributed by atoms with van der Waals surface area (Å²) >= 11 is 14.3. The number of fused-ring (bicyclic) bond motifs is 4. The zero-order chi connectivity index (χ0) is 41.6. The highest BCUT2D eigenvalue weighted by molar-refractivity contribution is 6.58. The van der Waals surface area contributed by atoms with Gasteiger partial charge in [0.1, 0.15) is 22.9 Å². The summed E-state index contributed by atoms with van der Waals surface area (Å²) < 4.78 is 84.4. The number of allylic oxidation sites excluding steroid dienone is 2. The van der Waals surface area contributed by atoms with Crippen molar-refractivity contribution in [2.24, 2.45) is 17.8 Å². The second-order valence-electron chi connectivity index (χ2n) is 14.3. The van der Waals surface area contributed by atoms with Crippen molar-refractivity contribution < 1.29 is 55.7 Å². The van der Waals surface area contributed by atoms with E-state index in [9.17, 15) is 37.5 Å². The molecule has 4 aromatic rings. The lowest BCUT2D eigenvalue weighted by Crippen LogP contribution is -2.60. The first-order valence-electron chi connectivity index (χ1n) is 17.7. The van der Waals surface area contributed by atoms with Crippen LogP contribution in [0.4, 0.5) is 33.3 Å². The molecule has 2 saturated heterocycles. The van der Waals surface area contributed by atoms with Crippen LogP contribution in [-0.4, -0.2) is 52.7 Å². The SMILES string of the molecule is COc1ccc(OC)c(C=Cc2ccc(N3C(=O)[C@H]4[C@H](CC=C5[C@H]4C[C@@]4(Cl)C(=O)N(c6c(F)c(F)c(F)c(F)c6F)C(=O)[C@@]4(Cl)[C@H]5c4cccc(O)c4)C3=O)cc2)c1. The van der Waals surface area contributed by atoms with Crippen molar-refractivity contribution in [3.63, 3.8) is 0 Å². The third-order valence-electron chi connectivity index (χ3n) is 11.5. The number of phenols is 1. The fraction of sp³-hybridized carbons (Fsp3) is 0.238. The fourth-order valence-electron chi connectivity index (χ4n) is 8.79. The summed E-state index contributed by atoms with van der Waals surface area (Å²) in [5.74, 6) is -20.6. The molecule has 298 valence electrons. The van der Waals surface area contributed by atoms with E-state index in [-0.39, 0.29) is 33.9 Å². The Bertz CT molecular complexity index is 2500. The molecule has 58 heavy (non-hydrogen) atoms. The maximum atomic E-state index is 15.3. The molecule has 4 aromatic carbocycles. The lowest BCUT2D eigenvalue weighted by molar-refractivity contribution is -0.125. The van der Waals surface area contributed by atoms with Crippen molar-refractivity contribution in [2.75, 3.05) is 24.0 Å². The van der Waals surface area contributed by atoms with Crippen LogP contribution in [0.1, 0.15) is 35.4 Å². The highest BCUT2D eigenvalue weighted by atomic mass is 35.5. The van der Waals surface area contributed by atoms with Crippen LogP contribution in [-0.2, 0) is 19.2 Å². The van der Waals surface area contributed by atoms with E-state index >= 15 is 8.78 Å². The topological polar surface area (TPSA) is 113 Å². The first-order valence-corrected chi connectivity index (χ1v) is 18.5. The van der Waals surface area contributed by atoms with Crippen molar-refractivity contribution >= 4 is 70.4 Å². The number of hydrogen-bond acceptors (Lipinski definition) is 7. The molecule has 4 aliphatic rings. The number of benzene rings is 4. The molecule has 2 heterocycles. The number of nitrogens with zero attached hydrogens (tertiary/aromatic N) is 2. The lowest BCUT2D eigenvalue weighted by Gasteiger charge is -2.50. The Labute approximate surface area is 336 Å². The number of hydrogen-bond donors (Lipinski definition) is 1. The summed E-state index contributed by atoms with van der Waals surface area (Å²) in [6.45, 7) is 0. The molecule has 16 heteroatoms. The number of amides is 4. The Morgan fingerprint density at radius 2 is 1.43 bits per heavy atom. The molecule has 3 fully saturated rings. The zero-order valence-electron chi connectivity index (χ0n) is 30.2. The Hall–Kier alpha value is -5.73. The average Bonchev–Trinajstić information content (AvgIpc) is 3.56. The van der Waals surface area contributed by atoms with E-state index in [1.165, 1.54) is 38.5 Å². The van der Waals surface area contributed by atoms with Crippen LogP contribution in [0.5, 0.6) is 17.2 Å². The van der Waals surface area contributed by atoms with E-state index in [1.807, 2.05) is 0 Å². The third kappa shape index (κ3) is 5.48. The van der Waals surface area contributed by atoms with Crippen molar-refractivity contribution in [2.45, 2.75) is 28.5 Å². The molecule has 2 aliphatic heterocycles. The molecule has 4 amide bonds. The summed E-state index contributed by atoms with van der Waals surface area (Å²) in [5, 5.41) is 10.5. The number of carbonyl (C=O) groups excluding carboxylic acids is 4. The first kappa shape index (κ1) is 39.1. The van der Waals surface area contributed by atoms with Gasteiger partial charge in [0.2, 0.25) is 17.6 Å². The number of methoxy groups -OCH3 is 2. The number of rotatable bonds is 7. The van der Waals surface area contributed by atoms with E-state index in [4.69, 9.17) is 32.7 Å². The van der Waals surface area contributed by atoms with Gasteiger partial charge < -0.3 is 14.6 Å². The number of anilines is 2. The number of ether oxygens (including phenoxy) is 2. The van der Waals surface area contributed by atoms with Crippen LogP contribution in [0.2, 0.25) is 0 Å². The van der Waals surface area contributed by atoms with Gasteiger partial charge in [0.15, 0.2) is 33.0 Å². The molecule has 1 saturated carbocycles. The van der Waals surface area contributed by atoms with Crippen LogP contribution in [0.3, 0.4) is 0 Å². The highest BCUT2D eigenvalue weighted by Gasteiger charge is 2.77. The smallest absolute Gasteiger partial charge is 0.258 e. The van der Waals surface area contributed by atoms with Gasteiger partial charge in [-0.3, -0.25) is 24.1 Å². The summed E-state index contributed by atoms with van der Waals surface area (Å²) in [6.07, 6.45) is 4.48. The second kappa shape index (κ2) is 14.0. The number of aromatic hydroxyl groups is 1. The van der Waals surface area contributed by atoms with Crippen LogP contribution < -0.4 is 19.3 Å². The highest BCUT2D eigenvalue weighted by Crippen LogP contribution is 2.66. The van der Waals surface area contributed by atoms with Gasteiger partial charge in [-0.2, -0.15) is 0 Å². The van der Waals surface area contributed by atoms with Gasteiger partial charge in [-0.25, -0.2) is 26.9 Å². The predicted molar refractivity (Wildman–Crippen MR) is 202 cm³/mol. The molecule has 0 spiro atoms. The quantitative estimate of drug-likeness (QED) is 0.0382. The maximum Gasteiger partial charge on any atom is 0.258 e. The number of alkyl halides is 2. The number of halogens is 7. The standard InChI is InChI=1S/C42H29Cl2F5N2O7/c1-57-24-12-15-28(58-2)20(17-24)9-6-19-7-10-22(11-8-19)50-37(53)26-14-13-25-27(29(26)38(50)54)18-41(43)39(55)51(36-34(48)32(46)31(45)33(47)35(36)49)40(56)42(41,44)30(25)21-4-3-5-23(52)16-21/h3-13,15-17,26-27,29-30,52H,14,18H2,1-2H3/t26-,27+,29-,30-,41+,42-/m0/s1. The largest absolute Gasteiger partial charge is 0.508 e. The van der Waals surface area contributed by atoms with Crippen molar-refractivity contribution in [1.82, 2.24) is 0 Å². The second-order valence-corrected chi connectivity index (χ2v) is 15.6. The minimum absolute atomic E-state index is 0.0399. The molecule has 9 nitrogen and oxygen atoms in total. The number of carbonyl (C=O) groups is 4. The summed E-state index contributed by atoms with van der Waals surface area (Å²) in [6, 6.07) is 17.1. The van der Waals surface area contributed by atoms with Crippen LogP contribution in [0, 0.1) is 46.8 Å². The first-order chi connectivity index (χ1) is 27.6. The molecular weight excluding hydrogens is 810 g/mol. The van der Waals surface area contributed by atoms with E-state index in [0.717, 1.165) is 10.5 Å². The average molecular weight is 840 g/mol. The predicted octanol–water partition coefficient (Wildman–Crippen LogP) is 8.04. The zero-order valence-corrected chi connectivity index (χ0v) is 31.8. The normalized spacial score (nSPS) is 26.5. The number of imide groups is 2. The Morgan fingerprint density at radius 3 is 2.07 bits per heavy atom. The Balaban J connectivity index is 1.18. The van der Waals surface area contributed by atoms with Crippen LogP contribution >= 0.6 is 23.2 Å². The monoisotopic (exact) mass is 838 g/mol. The van der Waals surface area contributed by atoms with Gasteiger partial charge in [-0.1, -0.05) is 48.1 Å².